The fourth-order valence-electron chi connectivity index (χ4n) is 1.92. The van der Waals surface area contributed by atoms with Crippen molar-refractivity contribution in [2.45, 2.75) is 19.8 Å². The number of halogens is 4. The smallest absolute Gasteiger partial charge is 0.406 e. The summed E-state index contributed by atoms with van der Waals surface area (Å²) in [5, 5.41) is 6.68. The topological polar surface area (TPSA) is 33.3 Å². The molecule has 0 unspecified atom stereocenters. The van der Waals surface area contributed by atoms with Gasteiger partial charge in [0.1, 0.15) is 5.75 Å². The lowest BCUT2D eigenvalue weighted by molar-refractivity contribution is -0.274. The highest BCUT2D eigenvalue weighted by Gasteiger charge is 2.31. The van der Waals surface area contributed by atoms with Crippen LogP contribution in [0.5, 0.6) is 5.75 Å². The number of hydrogen-bond acceptors (Lipinski definition) is 2. The summed E-state index contributed by atoms with van der Waals surface area (Å²) in [6, 6.07) is 11.1. The number of anilines is 1. The van der Waals surface area contributed by atoms with Crippen LogP contribution in [0.15, 0.2) is 42.5 Å². The molecule has 2 N–H and O–H groups in total. The van der Waals surface area contributed by atoms with Gasteiger partial charge in [-0.05, 0) is 54.5 Å². The van der Waals surface area contributed by atoms with Gasteiger partial charge in [-0.3, -0.25) is 0 Å². The van der Waals surface area contributed by atoms with Gasteiger partial charge in [0.2, 0.25) is 0 Å². The van der Waals surface area contributed by atoms with Crippen molar-refractivity contribution in [3.8, 4) is 5.75 Å². The number of alkyl halides is 3. The zero-order valence-corrected chi connectivity index (χ0v) is 14.1. The van der Waals surface area contributed by atoms with Gasteiger partial charge < -0.3 is 15.4 Å². The molecule has 2 aromatic carbocycles. The molecule has 128 valence electrons. The SMILES string of the molecule is Cc1ccc(NC(=S)NCc2cccc(OC(F)(F)F)c2)c(Cl)c1. The summed E-state index contributed by atoms with van der Waals surface area (Å²) in [5.74, 6) is -0.276. The number of thiocarbonyl (C=S) groups is 1. The number of rotatable bonds is 4. The molecule has 2 aromatic rings. The highest BCUT2D eigenvalue weighted by atomic mass is 35.5. The second-order valence-corrected chi connectivity index (χ2v) is 5.80. The minimum atomic E-state index is -4.72. The van der Waals surface area contributed by atoms with E-state index in [1.165, 1.54) is 18.2 Å². The monoisotopic (exact) mass is 374 g/mol. The molecule has 0 saturated heterocycles. The van der Waals surface area contributed by atoms with Gasteiger partial charge in [-0.15, -0.1) is 13.2 Å². The molecule has 0 fully saturated rings. The first kappa shape index (κ1) is 18.4. The maximum Gasteiger partial charge on any atom is 0.573 e. The first-order chi connectivity index (χ1) is 11.2. The minimum Gasteiger partial charge on any atom is -0.406 e. The van der Waals surface area contributed by atoms with Crippen molar-refractivity contribution in [2.24, 2.45) is 0 Å². The average molecular weight is 375 g/mol. The van der Waals surface area contributed by atoms with E-state index in [0.717, 1.165) is 5.56 Å². The van der Waals surface area contributed by atoms with E-state index >= 15 is 0 Å². The Balaban J connectivity index is 1.93. The van der Waals surface area contributed by atoms with Gasteiger partial charge >= 0.3 is 6.36 Å². The highest BCUT2D eigenvalue weighted by Crippen LogP contribution is 2.24. The van der Waals surface area contributed by atoms with Crippen molar-refractivity contribution in [3.63, 3.8) is 0 Å². The molecule has 0 atom stereocenters. The van der Waals surface area contributed by atoms with Crippen LogP contribution in [-0.4, -0.2) is 11.5 Å². The van der Waals surface area contributed by atoms with Crippen LogP contribution in [0, 0.1) is 6.92 Å². The third-order valence-corrected chi connectivity index (χ3v) is 3.52. The molecule has 0 radical (unpaired) electrons. The van der Waals surface area contributed by atoms with Crippen LogP contribution in [0.2, 0.25) is 5.02 Å². The number of hydrogen-bond donors (Lipinski definition) is 2. The molecule has 8 heteroatoms. The van der Waals surface area contributed by atoms with Gasteiger partial charge in [0.25, 0.3) is 0 Å². The average Bonchev–Trinajstić information content (AvgIpc) is 2.47. The zero-order valence-electron chi connectivity index (χ0n) is 12.6. The Kier molecular flexibility index (Phi) is 5.90. The van der Waals surface area contributed by atoms with E-state index in [4.69, 9.17) is 23.8 Å². The molecule has 0 heterocycles. The lowest BCUT2D eigenvalue weighted by atomic mass is 10.2. The Hall–Kier alpha value is -1.99. The molecule has 0 aromatic heterocycles. The lowest BCUT2D eigenvalue weighted by Gasteiger charge is -2.13. The van der Waals surface area contributed by atoms with Gasteiger partial charge in [-0.25, -0.2) is 0 Å². The Morgan fingerprint density at radius 2 is 1.96 bits per heavy atom. The van der Waals surface area contributed by atoms with Crippen molar-refractivity contribution in [1.82, 2.24) is 5.32 Å². The van der Waals surface area contributed by atoms with Crippen molar-refractivity contribution in [3.05, 3.63) is 58.6 Å². The molecular weight excluding hydrogens is 361 g/mol. The summed E-state index contributed by atoms with van der Waals surface area (Å²) in [7, 11) is 0. The van der Waals surface area contributed by atoms with Crippen LogP contribution in [0.1, 0.15) is 11.1 Å². The van der Waals surface area contributed by atoms with Gasteiger partial charge in [0, 0.05) is 6.54 Å². The normalized spacial score (nSPS) is 11.0. The summed E-state index contributed by atoms with van der Waals surface area (Å²) < 4.78 is 40.5. The molecule has 0 spiro atoms. The molecule has 0 aliphatic carbocycles. The Morgan fingerprint density at radius 1 is 1.21 bits per heavy atom. The summed E-state index contributed by atoms with van der Waals surface area (Å²) in [6.07, 6.45) is -4.72. The molecule has 0 amide bonds. The van der Waals surface area contributed by atoms with Crippen LogP contribution in [0.25, 0.3) is 0 Å². The van der Waals surface area contributed by atoms with E-state index in [0.29, 0.717) is 21.4 Å². The Bertz CT molecular complexity index is 738. The standard InChI is InChI=1S/C16H14ClF3N2OS/c1-10-5-6-14(13(17)7-10)22-15(24)21-9-11-3-2-4-12(8-11)23-16(18,19)20/h2-8H,9H2,1H3,(H2,21,22,24). The molecule has 2 rings (SSSR count). The summed E-state index contributed by atoms with van der Waals surface area (Å²) in [6.45, 7) is 2.16. The van der Waals surface area contributed by atoms with Crippen molar-refractivity contribution in [2.75, 3.05) is 5.32 Å². The number of aryl methyl sites for hydroxylation is 1. The molecule has 0 saturated carbocycles. The van der Waals surface area contributed by atoms with Crippen LogP contribution in [0.4, 0.5) is 18.9 Å². The van der Waals surface area contributed by atoms with Gasteiger partial charge in [0.15, 0.2) is 5.11 Å². The number of nitrogens with one attached hydrogen (secondary N) is 2. The van der Waals surface area contributed by atoms with E-state index in [1.54, 1.807) is 18.2 Å². The second kappa shape index (κ2) is 7.72. The summed E-state index contributed by atoms with van der Waals surface area (Å²) in [5.41, 5.74) is 2.26. The van der Waals surface area contributed by atoms with Gasteiger partial charge in [0.05, 0.1) is 10.7 Å². The maximum absolute atomic E-state index is 12.2. The van der Waals surface area contributed by atoms with Crippen LogP contribution >= 0.6 is 23.8 Å². The van der Waals surface area contributed by atoms with E-state index in [9.17, 15) is 13.2 Å². The van der Waals surface area contributed by atoms with Crippen LogP contribution in [-0.2, 0) is 6.54 Å². The van der Waals surface area contributed by atoms with E-state index < -0.39 is 6.36 Å². The van der Waals surface area contributed by atoms with Crippen LogP contribution < -0.4 is 15.4 Å². The Labute approximate surface area is 147 Å². The quantitative estimate of drug-likeness (QED) is 0.735. The van der Waals surface area contributed by atoms with Crippen molar-refractivity contribution in [1.29, 1.82) is 0 Å². The molecule has 0 aliphatic rings. The van der Waals surface area contributed by atoms with E-state index in [-0.39, 0.29) is 12.3 Å². The summed E-state index contributed by atoms with van der Waals surface area (Å²) >= 11 is 11.3. The highest BCUT2D eigenvalue weighted by molar-refractivity contribution is 7.80. The largest absolute Gasteiger partial charge is 0.573 e. The predicted octanol–water partition coefficient (Wildman–Crippen LogP) is 5.03. The fourth-order valence-corrected chi connectivity index (χ4v) is 2.39. The fraction of sp³-hybridized carbons (Fsp3) is 0.188. The van der Waals surface area contributed by atoms with Crippen molar-refractivity contribution < 1.29 is 17.9 Å². The molecular formula is C16H14ClF3N2OS. The third kappa shape index (κ3) is 5.90. The van der Waals surface area contributed by atoms with Crippen molar-refractivity contribution >= 4 is 34.6 Å². The summed E-state index contributed by atoms with van der Waals surface area (Å²) in [4.78, 5) is 0. The molecule has 24 heavy (non-hydrogen) atoms. The first-order valence-corrected chi connectivity index (χ1v) is 7.67. The minimum absolute atomic E-state index is 0.240. The third-order valence-electron chi connectivity index (χ3n) is 2.96. The van der Waals surface area contributed by atoms with Crippen LogP contribution in [0.3, 0.4) is 0 Å². The zero-order chi connectivity index (χ0) is 17.7. The molecule has 3 nitrogen and oxygen atoms in total. The van der Waals surface area contributed by atoms with Gasteiger partial charge in [-0.1, -0.05) is 29.8 Å². The predicted molar refractivity (Wildman–Crippen MR) is 92.4 cm³/mol. The molecule has 0 aliphatic heterocycles. The van der Waals surface area contributed by atoms with E-state index in [2.05, 4.69) is 15.4 Å². The maximum atomic E-state index is 12.2. The second-order valence-electron chi connectivity index (χ2n) is 4.99. The number of ether oxygens (including phenoxy) is 1. The van der Waals surface area contributed by atoms with Gasteiger partial charge in [-0.2, -0.15) is 0 Å². The Morgan fingerprint density at radius 3 is 2.62 bits per heavy atom. The molecule has 0 bridgehead atoms. The lowest BCUT2D eigenvalue weighted by Crippen LogP contribution is -2.28. The number of benzene rings is 2. The van der Waals surface area contributed by atoms with E-state index in [1.807, 2.05) is 13.0 Å². The first-order valence-electron chi connectivity index (χ1n) is 6.88.